The third-order valence-electron chi connectivity index (χ3n) is 2.83. The lowest BCUT2D eigenvalue weighted by molar-refractivity contribution is 0.00947. The van der Waals surface area contributed by atoms with Gasteiger partial charge in [-0.2, -0.15) is 0 Å². The average Bonchev–Trinajstić information content (AvgIpc) is 2.38. The van der Waals surface area contributed by atoms with E-state index in [1.54, 1.807) is 20.8 Å². The minimum absolute atomic E-state index is 0.141. The van der Waals surface area contributed by atoms with Gasteiger partial charge in [-0.05, 0) is 39.3 Å². The van der Waals surface area contributed by atoms with Crippen molar-refractivity contribution in [3.63, 3.8) is 0 Å². The molecular formula is C15H21F2NO4. The number of halogens is 2. The molecular weight excluding hydrogens is 296 g/mol. The molecule has 2 atom stereocenters. The van der Waals surface area contributed by atoms with Crippen molar-refractivity contribution in [3.8, 4) is 0 Å². The van der Waals surface area contributed by atoms with Gasteiger partial charge in [0.05, 0.1) is 5.56 Å². The first-order valence-electron chi connectivity index (χ1n) is 6.80. The molecule has 0 aliphatic heterocycles. The number of hydrogen-bond donors (Lipinski definition) is 3. The fraction of sp³-hybridized carbons (Fsp3) is 0.533. The van der Waals surface area contributed by atoms with E-state index >= 15 is 0 Å². The fourth-order valence-electron chi connectivity index (χ4n) is 1.76. The lowest BCUT2D eigenvalue weighted by Gasteiger charge is -2.22. The van der Waals surface area contributed by atoms with Crippen LogP contribution in [-0.2, 0) is 4.74 Å². The number of carbonyl (C=O) groups is 1. The Morgan fingerprint density at radius 1 is 1.32 bits per heavy atom. The quantitative estimate of drug-likeness (QED) is 0.795. The highest BCUT2D eigenvalue weighted by molar-refractivity contribution is 5.67. The van der Waals surface area contributed by atoms with E-state index in [1.165, 1.54) is 13.0 Å². The van der Waals surface area contributed by atoms with Crippen molar-refractivity contribution in [2.45, 2.75) is 45.5 Å². The summed E-state index contributed by atoms with van der Waals surface area (Å²) in [7, 11) is 0. The summed E-state index contributed by atoms with van der Waals surface area (Å²) in [5.41, 5.74) is -1.20. The largest absolute Gasteiger partial charge is 0.444 e. The summed E-state index contributed by atoms with van der Waals surface area (Å²) in [4.78, 5) is 11.4. The second-order valence-electron chi connectivity index (χ2n) is 5.99. The number of aliphatic hydroxyl groups is 2. The summed E-state index contributed by atoms with van der Waals surface area (Å²) < 4.78 is 32.5. The molecule has 1 rings (SSSR count). The van der Waals surface area contributed by atoms with E-state index in [9.17, 15) is 23.8 Å². The zero-order valence-corrected chi connectivity index (χ0v) is 13.0. The summed E-state index contributed by atoms with van der Waals surface area (Å²) in [5.74, 6) is -1.89. The molecule has 7 heteroatoms. The normalized spacial score (nSPS) is 14.4. The van der Waals surface area contributed by atoms with Crippen LogP contribution >= 0.6 is 0 Å². The highest BCUT2D eigenvalue weighted by Gasteiger charge is 2.27. The Labute approximate surface area is 127 Å². The van der Waals surface area contributed by atoms with Gasteiger partial charge in [0.15, 0.2) is 0 Å². The van der Waals surface area contributed by atoms with Gasteiger partial charge in [0, 0.05) is 6.54 Å². The van der Waals surface area contributed by atoms with Crippen LogP contribution in [0, 0.1) is 18.6 Å². The van der Waals surface area contributed by atoms with Gasteiger partial charge in [-0.3, -0.25) is 0 Å². The van der Waals surface area contributed by atoms with E-state index in [-0.39, 0.29) is 5.56 Å². The first-order valence-corrected chi connectivity index (χ1v) is 6.80. The number of ether oxygens (including phenoxy) is 1. The van der Waals surface area contributed by atoms with Crippen molar-refractivity contribution in [1.29, 1.82) is 0 Å². The number of nitrogens with one attached hydrogen (secondary N) is 1. The molecule has 0 saturated heterocycles. The van der Waals surface area contributed by atoms with Gasteiger partial charge in [0.1, 0.15) is 29.4 Å². The number of aliphatic hydroxyl groups excluding tert-OH is 2. The van der Waals surface area contributed by atoms with Gasteiger partial charge in [-0.1, -0.05) is 6.07 Å². The SMILES string of the molecule is Cc1ccc(F)c(C(O)C(O)CNC(=O)OC(C)(C)C)c1F. The van der Waals surface area contributed by atoms with Crippen molar-refractivity contribution in [1.82, 2.24) is 5.32 Å². The third kappa shape index (κ3) is 4.92. The van der Waals surface area contributed by atoms with Gasteiger partial charge < -0.3 is 20.3 Å². The maximum Gasteiger partial charge on any atom is 0.407 e. The lowest BCUT2D eigenvalue weighted by atomic mass is 10.0. The highest BCUT2D eigenvalue weighted by Crippen LogP contribution is 2.25. The number of hydrogen-bond acceptors (Lipinski definition) is 4. The average molecular weight is 317 g/mol. The topological polar surface area (TPSA) is 78.8 Å². The number of carbonyl (C=O) groups excluding carboxylic acids is 1. The Bertz CT molecular complexity index is 543. The van der Waals surface area contributed by atoms with Crippen LogP contribution in [0.4, 0.5) is 13.6 Å². The Morgan fingerprint density at radius 3 is 2.45 bits per heavy atom. The summed E-state index contributed by atoms with van der Waals surface area (Å²) in [5, 5.41) is 21.9. The van der Waals surface area contributed by atoms with Gasteiger partial charge in [-0.15, -0.1) is 0 Å². The molecule has 0 radical (unpaired) electrons. The number of amides is 1. The molecule has 0 fully saturated rings. The molecule has 22 heavy (non-hydrogen) atoms. The lowest BCUT2D eigenvalue weighted by Crippen LogP contribution is -2.39. The number of rotatable bonds is 4. The Kier molecular flexibility index (Phi) is 5.85. The summed E-state index contributed by atoms with van der Waals surface area (Å²) in [6.45, 7) is 5.99. The molecule has 2 unspecified atom stereocenters. The van der Waals surface area contributed by atoms with Crippen LogP contribution in [0.5, 0.6) is 0 Å². The van der Waals surface area contributed by atoms with Gasteiger partial charge >= 0.3 is 6.09 Å². The van der Waals surface area contributed by atoms with Crippen molar-refractivity contribution in [2.24, 2.45) is 0 Å². The van der Waals surface area contributed by atoms with Crippen LogP contribution in [0.1, 0.15) is 38.0 Å². The second kappa shape index (κ2) is 7.02. The first kappa shape index (κ1) is 18.3. The van der Waals surface area contributed by atoms with Crippen LogP contribution in [0.15, 0.2) is 12.1 Å². The minimum atomic E-state index is -1.81. The molecule has 1 aromatic carbocycles. The van der Waals surface area contributed by atoms with Crippen molar-refractivity contribution >= 4 is 6.09 Å². The Hall–Kier alpha value is -1.73. The van der Waals surface area contributed by atoms with E-state index in [0.717, 1.165) is 6.07 Å². The van der Waals surface area contributed by atoms with Gasteiger partial charge in [-0.25, -0.2) is 13.6 Å². The maximum absolute atomic E-state index is 13.9. The summed E-state index contributed by atoms with van der Waals surface area (Å²) in [6.07, 6.45) is -4.20. The summed E-state index contributed by atoms with van der Waals surface area (Å²) >= 11 is 0. The molecule has 1 amide bonds. The minimum Gasteiger partial charge on any atom is -0.444 e. The molecule has 0 saturated carbocycles. The molecule has 0 bridgehead atoms. The van der Waals surface area contributed by atoms with E-state index in [1.807, 2.05) is 0 Å². The van der Waals surface area contributed by atoms with Crippen LogP contribution < -0.4 is 5.32 Å². The van der Waals surface area contributed by atoms with Crippen LogP contribution in [0.3, 0.4) is 0 Å². The van der Waals surface area contributed by atoms with E-state index < -0.39 is 47.6 Å². The van der Waals surface area contributed by atoms with Gasteiger partial charge in [0.25, 0.3) is 0 Å². The molecule has 0 heterocycles. The summed E-state index contributed by atoms with van der Waals surface area (Å²) in [6, 6.07) is 2.23. The van der Waals surface area contributed by atoms with Gasteiger partial charge in [0.2, 0.25) is 0 Å². The maximum atomic E-state index is 13.9. The fourth-order valence-corrected chi connectivity index (χ4v) is 1.76. The van der Waals surface area contributed by atoms with Crippen molar-refractivity contribution in [2.75, 3.05) is 6.54 Å². The van der Waals surface area contributed by atoms with E-state index in [4.69, 9.17) is 4.74 Å². The van der Waals surface area contributed by atoms with Crippen LogP contribution in [0.2, 0.25) is 0 Å². The molecule has 0 aliphatic carbocycles. The standard InChI is InChI=1S/C15H21F2NO4/c1-8-5-6-9(16)11(12(8)17)13(20)10(19)7-18-14(21)22-15(2,3)4/h5-6,10,13,19-20H,7H2,1-4H3,(H,18,21). The molecule has 0 spiro atoms. The second-order valence-corrected chi connectivity index (χ2v) is 5.99. The van der Waals surface area contributed by atoms with Crippen LogP contribution in [-0.4, -0.2) is 34.6 Å². The third-order valence-corrected chi connectivity index (χ3v) is 2.83. The Morgan fingerprint density at radius 2 is 1.91 bits per heavy atom. The molecule has 124 valence electrons. The highest BCUT2D eigenvalue weighted by atomic mass is 19.1. The Balaban J connectivity index is 2.72. The van der Waals surface area contributed by atoms with Crippen molar-refractivity contribution in [3.05, 3.63) is 34.9 Å². The monoisotopic (exact) mass is 317 g/mol. The number of aryl methyl sites for hydroxylation is 1. The molecule has 1 aromatic rings. The zero-order valence-electron chi connectivity index (χ0n) is 13.0. The predicted octanol–water partition coefficient (Wildman–Crippen LogP) is 2.19. The number of alkyl carbamates (subject to hydrolysis) is 1. The van der Waals surface area contributed by atoms with E-state index in [2.05, 4.69) is 5.32 Å². The van der Waals surface area contributed by atoms with Crippen LogP contribution in [0.25, 0.3) is 0 Å². The molecule has 3 N–H and O–H groups in total. The smallest absolute Gasteiger partial charge is 0.407 e. The molecule has 5 nitrogen and oxygen atoms in total. The van der Waals surface area contributed by atoms with Crippen molar-refractivity contribution < 1.29 is 28.5 Å². The molecule has 0 aromatic heterocycles. The zero-order chi connectivity index (χ0) is 17.1. The molecule has 0 aliphatic rings. The predicted molar refractivity (Wildman–Crippen MR) is 76.3 cm³/mol. The first-order chi connectivity index (χ1) is 10.0. The number of benzene rings is 1. The van der Waals surface area contributed by atoms with E-state index in [0.29, 0.717) is 0 Å².